The monoisotopic (exact) mass is 410 g/mol. The van der Waals surface area contributed by atoms with Crippen LogP contribution >= 0.6 is 23.2 Å². The van der Waals surface area contributed by atoms with Gasteiger partial charge in [0.1, 0.15) is 6.04 Å². The molecule has 1 aliphatic rings. The van der Waals surface area contributed by atoms with Crippen molar-refractivity contribution in [3.8, 4) is 0 Å². The molecule has 4 nitrogen and oxygen atoms in total. The maximum atomic E-state index is 13.3. The predicted octanol–water partition coefficient (Wildman–Crippen LogP) is 5.58. The van der Waals surface area contributed by atoms with Gasteiger partial charge in [0.05, 0.1) is 5.69 Å². The van der Waals surface area contributed by atoms with Crippen molar-refractivity contribution in [1.82, 2.24) is 0 Å². The fourth-order valence-corrected chi connectivity index (χ4v) is 3.58. The lowest BCUT2D eigenvalue weighted by atomic mass is 10.0. The molecule has 1 aliphatic heterocycles. The van der Waals surface area contributed by atoms with Gasteiger partial charge in [-0.1, -0.05) is 53.5 Å². The summed E-state index contributed by atoms with van der Waals surface area (Å²) in [6.07, 6.45) is 0.415. The van der Waals surface area contributed by atoms with Crippen molar-refractivity contribution < 1.29 is 9.59 Å². The van der Waals surface area contributed by atoms with Crippen LogP contribution in [0.1, 0.15) is 5.56 Å². The van der Waals surface area contributed by atoms with E-state index in [9.17, 15) is 9.59 Å². The largest absolute Gasteiger partial charge is 0.336 e. The summed E-state index contributed by atoms with van der Waals surface area (Å²) in [5.41, 5.74) is 2.10. The van der Waals surface area contributed by atoms with Gasteiger partial charge in [-0.3, -0.25) is 9.69 Å². The number of nitrogens with zero attached hydrogens (tertiary/aromatic N) is 2. The Labute approximate surface area is 172 Å². The molecule has 1 atom stereocenters. The molecule has 0 radical (unpaired) electrons. The average molecular weight is 411 g/mol. The predicted molar refractivity (Wildman–Crippen MR) is 112 cm³/mol. The number of imide groups is 1. The Morgan fingerprint density at radius 1 is 0.714 bits per heavy atom. The summed E-state index contributed by atoms with van der Waals surface area (Å²) in [4.78, 5) is 29.2. The van der Waals surface area contributed by atoms with E-state index >= 15 is 0 Å². The maximum Gasteiger partial charge on any atom is 0.336 e. The second-order valence-corrected chi connectivity index (χ2v) is 7.36. The van der Waals surface area contributed by atoms with E-state index in [1.807, 2.05) is 30.3 Å². The molecule has 0 spiro atoms. The summed E-state index contributed by atoms with van der Waals surface area (Å²) >= 11 is 12.0. The topological polar surface area (TPSA) is 40.6 Å². The Kier molecular flexibility index (Phi) is 5.07. The van der Waals surface area contributed by atoms with E-state index in [0.717, 1.165) is 5.56 Å². The summed E-state index contributed by atoms with van der Waals surface area (Å²) in [5.74, 6) is -0.272. The first kappa shape index (κ1) is 18.5. The SMILES string of the molecule is O=C1C(Cc2ccccc2)N(c2ccc(Cl)cc2)C(=O)N1c1ccc(Cl)cc1. The van der Waals surface area contributed by atoms with E-state index in [0.29, 0.717) is 27.8 Å². The minimum absolute atomic E-state index is 0.272. The third-order valence-corrected chi connectivity index (χ3v) is 5.18. The molecule has 1 fully saturated rings. The van der Waals surface area contributed by atoms with Crippen molar-refractivity contribution >= 4 is 46.5 Å². The van der Waals surface area contributed by atoms with Gasteiger partial charge in [0.2, 0.25) is 0 Å². The fraction of sp³-hybridized carbons (Fsp3) is 0.0909. The van der Waals surface area contributed by atoms with Crippen molar-refractivity contribution in [3.05, 3.63) is 94.5 Å². The first-order valence-corrected chi connectivity index (χ1v) is 9.52. The molecule has 0 aromatic heterocycles. The second-order valence-electron chi connectivity index (χ2n) is 6.48. The molecule has 1 saturated heterocycles. The van der Waals surface area contributed by atoms with Crippen LogP contribution in [0.5, 0.6) is 0 Å². The van der Waals surface area contributed by atoms with Gasteiger partial charge in [0.25, 0.3) is 5.91 Å². The molecule has 4 rings (SSSR count). The number of rotatable bonds is 4. The fourth-order valence-electron chi connectivity index (χ4n) is 3.33. The van der Waals surface area contributed by atoms with Crippen LogP contribution < -0.4 is 9.80 Å². The highest BCUT2D eigenvalue weighted by Gasteiger charge is 2.46. The van der Waals surface area contributed by atoms with Gasteiger partial charge < -0.3 is 0 Å². The molecule has 6 heteroatoms. The van der Waals surface area contributed by atoms with Crippen LogP contribution in [0.4, 0.5) is 16.2 Å². The molecule has 1 unspecified atom stereocenters. The molecule has 28 heavy (non-hydrogen) atoms. The van der Waals surface area contributed by atoms with Gasteiger partial charge in [0.15, 0.2) is 0 Å². The molecular formula is C22H16Cl2N2O2. The van der Waals surface area contributed by atoms with E-state index in [4.69, 9.17) is 23.2 Å². The van der Waals surface area contributed by atoms with Crippen molar-refractivity contribution in [2.24, 2.45) is 0 Å². The summed E-state index contributed by atoms with van der Waals surface area (Å²) in [5, 5.41) is 1.11. The Hall–Kier alpha value is -2.82. The number of anilines is 2. The van der Waals surface area contributed by atoms with Crippen LogP contribution in [0.2, 0.25) is 10.0 Å². The van der Waals surface area contributed by atoms with Crippen molar-refractivity contribution in [3.63, 3.8) is 0 Å². The highest BCUT2D eigenvalue weighted by Crippen LogP contribution is 2.32. The van der Waals surface area contributed by atoms with Crippen LogP contribution in [0.15, 0.2) is 78.9 Å². The van der Waals surface area contributed by atoms with Gasteiger partial charge in [-0.15, -0.1) is 0 Å². The molecule has 1 heterocycles. The van der Waals surface area contributed by atoms with Crippen LogP contribution in [-0.2, 0) is 11.2 Å². The van der Waals surface area contributed by atoms with Gasteiger partial charge in [-0.25, -0.2) is 9.69 Å². The number of urea groups is 1. The van der Waals surface area contributed by atoms with Gasteiger partial charge in [-0.2, -0.15) is 0 Å². The summed E-state index contributed by atoms with van der Waals surface area (Å²) in [7, 11) is 0. The Morgan fingerprint density at radius 2 is 1.25 bits per heavy atom. The quantitative estimate of drug-likeness (QED) is 0.526. The lowest BCUT2D eigenvalue weighted by molar-refractivity contribution is -0.117. The number of amides is 3. The number of hydrogen-bond acceptors (Lipinski definition) is 2. The van der Waals surface area contributed by atoms with E-state index in [-0.39, 0.29) is 5.91 Å². The van der Waals surface area contributed by atoms with E-state index in [2.05, 4.69) is 0 Å². The van der Waals surface area contributed by atoms with Crippen LogP contribution in [0, 0.1) is 0 Å². The zero-order valence-electron chi connectivity index (χ0n) is 14.8. The van der Waals surface area contributed by atoms with Gasteiger partial charge in [-0.05, 0) is 54.1 Å². The first-order chi connectivity index (χ1) is 13.5. The molecule has 3 aromatic carbocycles. The second kappa shape index (κ2) is 7.66. The number of carbonyl (C=O) groups is 2. The lowest BCUT2D eigenvalue weighted by Crippen LogP contribution is -2.36. The average Bonchev–Trinajstić information content (AvgIpc) is 2.94. The zero-order chi connectivity index (χ0) is 19.7. The Morgan fingerprint density at radius 3 is 1.82 bits per heavy atom. The number of benzene rings is 3. The molecule has 3 amide bonds. The van der Waals surface area contributed by atoms with Crippen LogP contribution in [0.3, 0.4) is 0 Å². The molecule has 0 N–H and O–H groups in total. The number of hydrogen-bond donors (Lipinski definition) is 0. The van der Waals surface area contributed by atoms with Gasteiger partial charge >= 0.3 is 6.03 Å². The molecular weight excluding hydrogens is 395 g/mol. The van der Waals surface area contributed by atoms with E-state index in [1.54, 1.807) is 48.5 Å². The highest BCUT2D eigenvalue weighted by atomic mass is 35.5. The standard InChI is InChI=1S/C22H16Cl2N2O2/c23-16-6-10-18(11-7-16)25-20(14-15-4-2-1-3-5-15)21(27)26(22(25)28)19-12-8-17(24)9-13-19/h1-13,20H,14H2. The number of halogens is 2. The maximum absolute atomic E-state index is 13.3. The van der Waals surface area contributed by atoms with Crippen LogP contribution in [0.25, 0.3) is 0 Å². The van der Waals surface area contributed by atoms with Crippen LogP contribution in [-0.4, -0.2) is 18.0 Å². The smallest absolute Gasteiger partial charge is 0.281 e. The zero-order valence-corrected chi connectivity index (χ0v) is 16.3. The highest BCUT2D eigenvalue weighted by molar-refractivity contribution is 6.32. The van der Waals surface area contributed by atoms with Crippen molar-refractivity contribution in [1.29, 1.82) is 0 Å². The van der Waals surface area contributed by atoms with Crippen molar-refractivity contribution in [2.75, 3.05) is 9.80 Å². The van der Waals surface area contributed by atoms with E-state index < -0.39 is 12.1 Å². The normalized spacial score (nSPS) is 16.7. The molecule has 140 valence electrons. The number of carbonyl (C=O) groups excluding carboxylic acids is 2. The Balaban J connectivity index is 1.75. The Bertz CT molecular complexity index is 1000. The summed E-state index contributed by atoms with van der Waals surface area (Å²) in [6, 6.07) is 22.2. The third-order valence-electron chi connectivity index (χ3n) is 4.68. The third kappa shape index (κ3) is 3.49. The summed E-state index contributed by atoms with van der Waals surface area (Å²) < 4.78 is 0. The molecule has 0 saturated carbocycles. The molecule has 0 bridgehead atoms. The minimum atomic E-state index is -0.647. The molecule has 0 aliphatic carbocycles. The van der Waals surface area contributed by atoms with E-state index in [1.165, 1.54) is 9.80 Å². The molecule has 3 aromatic rings. The van der Waals surface area contributed by atoms with Gasteiger partial charge in [0, 0.05) is 22.2 Å². The minimum Gasteiger partial charge on any atom is -0.281 e. The first-order valence-electron chi connectivity index (χ1n) is 8.77. The summed E-state index contributed by atoms with van der Waals surface area (Å²) in [6.45, 7) is 0. The lowest BCUT2D eigenvalue weighted by Gasteiger charge is -2.22. The van der Waals surface area contributed by atoms with Crippen molar-refractivity contribution in [2.45, 2.75) is 12.5 Å².